The van der Waals surface area contributed by atoms with Crippen molar-refractivity contribution in [2.75, 3.05) is 24.3 Å². The molecule has 0 aromatic heterocycles. The van der Waals surface area contributed by atoms with Gasteiger partial charge in [0.1, 0.15) is 12.4 Å². The molecule has 1 saturated heterocycles. The summed E-state index contributed by atoms with van der Waals surface area (Å²) in [5.74, 6) is 0.471. The van der Waals surface area contributed by atoms with E-state index in [0.717, 1.165) is 19.4 Å². The first-order valence-corrected chi connectivity index (χ1v) is 7.73. The SMILES string of the molecule is Nc1ccccc1C(=O)Nc1cccc(OCC2CCCO2)c1. The number of hydrogen-bond donors (Lipinski definition) is 2. The third-order valence-electron chi connectivity index (χ3n) is 3.76. The van der Waals surface area contributed by atoms with Gasteiger partial charge in [-0.3, -0.25) is 4.79 Å². The van der Waals surface area contributed by atoms with Gasteiger partial charge in [-0.2, -0.15) is 0 Å². The zero-order chi connectivity index (χ0) is 16.1. The number of nitrogens with two attached hydrogens (primary N) is 1. The minimum absolute atomic E-state index is 0.164. The Bertz CT molecular complexity index is 681. The number of rotatable bonds is 5. The van der Waals surface area contributed by atoms with Crippen LogP contribution in [0.4, 0.5) is 11.4 Å². The number of ether oxygens (including phenoxy) is 2. The summed E-state index contributed by atoms with van der Waals surface area (Å²) >= 11 is 0. The topological polar surface area (TPSA) is 73.6 Å². The van der Waals surface area contributed by atoms with Crippen LogP contribution in [0.1, 0.15) is 23.2 Å². The number of carbonyl (C=O) groups excluding carboxylic acids is 1. The summed E-state index contributed by atoms with van der Waals surface area (Å²) < 4.78 is 11.3. The molecule has 0 spiro atoms. The third kappa shape index (κ3) is 4.02. The summed E-state index contributed by atoms with van der Waals surface area (Å²) in [6, 6.07) is 14.3. The summed E-state index contributed by atoms with van der Waals surface area (Å²) in [6.07, 6.45) is 2.28. The summed E-state index contributed by atoms with van der Waals surface area (Å²) in [7, 11) is 0. The van der Waals surface area contributed by atoms with E-state index in [4.69, 9.17) is 15.2 Å². The van der Waals surface area contributed by atoms with Crippen LogP contribution < -0.4 is 15.8 Å². The fraction of sp³-hybridized carbons (Fsp3) is 0.278. The molecule has 1 unspecified atom stereocenters. The standard InChI is InChI=1S/C18H20N2O3/c19-17-9-2-1-8-16(17)18(21)20-13-5-3-6-14(11-13)23-12-15-7-4-10-22-15/h1-3,5-6,8-9,11,15H,4,7,10,12,19H2,(H,20,21). The molecule has 23 heavy (non-hydrogen) atoms. The van der Waals surface area contributed by atoms with E-state index < -0.39 is 0 Å². The molecule has 0 saturated carbocycles. The van der Waals surface area contributed by atoms with Crippen molar-refractivity contribution in [2.24, 2.45) is 0 Å². The number of para-hydroxylation sites is 1. The van der Waals surface area contributed by atoms with Crippen molar-refractivity contribution in [3.8, 4) is 5.75 Å². The Labute approximate surface area is 135 Å². The van der Waals surface area contributed by atoms with Crippen LogP contribution in [-0.2, 0) is 4.74 Å². The third-order valence-corrected chi connectivity index (χ3v) is 3.76. The van der Waals surface area contributed by atoms with Crippen molar-refractivity contribution in [1.82, 2.24) is 0 Å². The van der Waals surface area contributed by atoms with Crippen LogP contribution in [0.5, 0.6) is 5.75 Å². The van der Waals surface area contributed by atoms with Crippen LogP contribution in [0.25, 0.3) is 0 Å². The van der Waals surface area contributed by atoms with Crippen molar-refractivity contribution >= 4 is 17.3 Å². The molecule has 1 fully saturated rings. The Morgan fingerprint density at radius 2 is 2.13 bits per heavy atom. The molecule has 1 amide bonds. The van der Waals surface area contributed by atoms with Gasteiger partial charge in [-0.05, 0) is 37.1 Å². The van der Waals surface area contributed by atoms with E-state index in [-0.39, 0.29) is 12.0 Å². The number of nitrogen functional groups attached to an aromatic ring is 1. The van der Waals surface area contributed by atoms with Gasteiger partial charge in [-0.15, -0.1) is 0 Å². The number of nitrogens with one attached hydrogen (secondary N) is 1. The summed E-state index contributed by atoms with van der Waals surface area (Å²) in [6.45, 7) is 1.34. The molecule has 0 bridgehead atoms. The number of benzene rings is 2. The fourth-order valence-corrected chi connectivity index (χ4v) is 2.53. The molecule has 0 radical (unpaired) electrons. The van der Waals surface area contributed by atoms with E-state index >= 15 is 0 Å². The van der Waals surface area contributed by atoms with Crippen molar-refractivity contribution in [3.63, 3.8) is 0 Å². The van der Waals surface area contributed by atoms with E-state index in [1.54, 1.807) is 30.3 Å². The van der Waals surface area contributed by atoms with Gasteiger partial charge in [0.05, 0.1) is 11.7 Å². The second-order valence-corrected chi connectivity index (χ2v) is 5.52. The Hall–Kier alpha value is -2.53. The number of hydrogen-bond acceptors (Lipinski definition) is 4. The normalized spacial score (nSPS) is 17.0. The van der Waals surface area contributed by atoms with E-state index in [2.05, 4.69) is 5.32 Å². The van der Waals surface area contributed by atoms with Crippen molar-refractivity contribution in [1.29, 1.82) is 0 Å². The van der Waals surface area contributed by atoms with Crippen LogP contribution in [0.2, 0.25) is 0 Å². The lowest BCUT2D eigenvalue weighted by molar-refractivity contribution is 0.0680. The monoisotopic (exact) mass is 312 g/mol. The molecule has 3 rings (SSSR count). The first-order chi connectivity index (χ1) is 11.2. The van der Waals surface area contributed by atoms with E-state index in [9.17, 15) is 4.79 Å². The van der Waals surface area contributed by atoms with Gasteiger partial charge < -0.3 is 20.5 Å². The molecular weight excluding hydrogens is 292 g/mol. The Morgan fingerprint density at radius 3 is 2.91 bits per heavy atom. The zero-order valence-electron chi connectivity index (χ0n) is 12.8. The molecule has 120 valence electrons. The van der Waals surface area contributed by atoms with Crippen LogP contribution in [0.15, 0.2) is 48.5 Å². The lowest BCUT2D eigenvalue weighted by Crippen LogP contribution is -2.16. The maximum atomic E-state index is 12.3. The van der Waals surface area contributed by atoms with Gasteiger partial charge in [0.15, 0.2) is 0 Å². The first-order valence-electron chi connectivity index (χ1n) is 7.73. The zero-order valence-corrected chi connectivity index (χ0v) is 12.8. The predicted octanol–water partition coefficient (Wildman–Crippen LogP) is 3.08. The quantitative estimate of drug-likeness (QED) is 0.832. The highest BCUT2D eigenvalue weighted by atomic mass is 16.5. The maximum Gasteiger partial charge on any atom is 0.257 e. The van der Waals surface area contributed by atoms with E-state index in [0.29, 0.717) is 29.3 Å². The molecule has 5 heteroatoms. The second kappa shape index (κ2) is 7.15. The van der Waals surface area contributed by atoms with E-state index in [1.165, 1.54) is 0 Å². The molecule has 5 nitrogen and oxygen atoms in total. The number of anilines is 2. The lowest BCUT2D eigenvalue weighted by Gasteiger charge is -2.13. The summed E-state index contributed by atoms with van der Waals surface area (Å²) in [5, 5.41) is 2.84. The highest BCUT2D eigenvalue weighted by Crippen LogP contribution is 2.21. The van der Waals surface area contributed by atoms with Gasteiger partial charge >= 0.3 is 0 Å². The van der Waals surface area contributed by atoms with Gasteiger partial charge in [-0.25, -0.2) is 0 Å². The molecule has 1 heterocycles. The van der Waals surface area contributed by atoms with Crippen LogP contribution in [0.3, 0.4) is 0 Å². The minimum Gasteiger partial charge on any atom is -0.491 e. The minimum atomic E-state index is -0.237. The number of amides is 1. The highest BCUT2D eigenvalue weighted by Gasteiger charge is 2.16. The maximum absolute atomic E-state index is 12.3. The average Bonchev–Trinajstić information content (AvgIpc) is 3.07. The molecule has 2 aromatic carbocycles. The largest absolute Gasteiger partial charge is 0.491 e. The molecular formula is C18H20N2O3. The second-order valence-electron chi connectivity index (χ2n) is 5.52. The van der Waals surface area contributed by atoms with Gasteiger partial charge in [-0.1, -0.05) is 18.2 Å². The lowest BCUT2D eigenvalue weighted by atomic mass is 10.1. The smallest absolute Gasteiger partial charge is 0.257 e. The molecule has 0 aliphatic carbocycles. The molecule has 1 atom stereocenters. The van der Waals surface area contributed by atoms with Crippen molar-refractivity contribution < 1.29 is 14.3 Å². The van der Waals surface area contributed by atoms with E-state index in [1.807, 2.05) is 18.2 Å². The van der Waals surface area contributed by atoms with Crippen molar-refractivity contribution in [2.45, 2.75) is 18.9 Å². The van der Waals surface area contributed by atoms with Gasteiger partial charge in [0.25, 0.3) is 5.91 Å². The number of carbonyl (C=O) groups is 1. The van der Waals surface area contributed by atoms with Crippen LogP contribution >= 0.6 is 0 Å². The highest BCUT2D eigenvalue weighted by molar-refractivity contribution is 6.07. The molecule has 1 aliphatic rings. The predicted molar refractivity (Wildman–Crippen MR) is 89.7 cm³/mol. The molecule has 2 aromatic rings. The van der Waals surface area contributed by atoms with Gasteiger partial charge in [0.2, 0.25) is 0 Å². The Kier molecular flexibility index (Phi) is 4.78. The van der Waals surface area contributed by atoms with Crippen LogP contribution in [0, 0.1) is 0 Å². The summed E-state index contributed by atoms with van der Waals surface area (Å²) in [5.41, 5.74) is 7.40. The average molecular weight is 312 g/mol. The first kappa shape index (κ1) is 15.4. The molecule has 1 aliphatic heterocycles. The Morgan fingerprint density at radius 1 is 1.26 bits per heavy atom. The van der Waals surface area contributed by atoms with Crippen molar-refractivity contribution in [3.05, 3.63) is 54.1 Å². The van der Waals surface area contributed by atoms with Crippen LogP contribution in [-0.4, -0.2) is 25.2 Å². The Balaban J connectivity index is 1.63. The van der Waals surface area contributed by atoms with Gasteiger partial charge in [0, 0.05) is 24.0 Å². The summed E-state index contributed by atoms with van der Waals surface area (Å²) in [4.78, 5) is 12.3. The fourth-order valence-electron chi connectivity index (χ4n) is 2.53. The molecule has 3 N–H and O–H groups in total.